The molecule has 0 aliphatic heterocycles. The van der Waals surface area contributed by atoms with Crippen molar-refractivity contribution in [3.05, 3.63) is 10.6 Å². The Kier molecular flexibility index (Phi) is 5.34. The van der Waals surface area contributed by atoms with Gasteiger partial charge in [-0.05, 0) is 38.7 Å². The number of carbonyl (C=O) groups is 1. The van der Waals surface area contributed by atoms with Gasteiger partial charge in [0.15, 0.2) is 0 Å². The lowest BCUT2D eigenvalue weighted by Gasteiger charge is -2.25. The highest BCUT2D eigenvalue weighted by atomic mass is 79.9. The van der Waals surface area contributed by atoms with Gasteiger partial charge in [0.2, 0.25) is 0 Å². The van der Waals surface area contributed by atoms with Crippen molar-refractivity contribution in [3.63, 3.8) is 0 Å². The van der Waals surface area contributed by atoms with E-state index in [1.807, 2.05) is 25.7 Å². The second-order valence-electron chi connectivity index (χ2n) is 3.82. The lowest BCUT2D eigenvalue weighted by molar-refractivity contribution is 0.0711. The average molecular weight is 306 g/mol. The van der Waals surface area contributed by atoms with Gasteiger partial charge in [0.05, 0.1) is 5.69 Å². The van der Waals surface area contributed by atoms with Crippen LogP contribution in [0.2, 0.25) is 0 Å². The molecule has 0 bridgehead atoms. The van der Waals surface area contributed by atoms with Gasteiger partial charge < -0.3 is 4.90 Å². The fourth-order valence-corrected chi connectivity index (χ4v) is 2.25. The highest BCUT2D eigenvalue weighted by Crippen LogP contribution is 2.15. The number of rotatable bonds is 5. The summed E-state index contributed by atoms with van der Waals surface area (Å²) in [5.41, 5.74) is 0.722. The molecular weight excluding hydrogens is 290 g/mol. The van der Waals surface area contributed by atoms with E-state index in [9.17, 15) is 4.79 Å². The van der Waals surface area contributed by atoms with Crippen molar-refractivity contribution in [2.45, 2.75) is 33.2 Å². The number of hydrogen-bond acceptors (Lipinski definition) is 4. The number of nitrogens with zero attached hydrogens (tertiary/aromatic N) is 3. The molecule has 4 nitrogen and oxygen atoms in total. The molecule has 90 valence electrons. The molecule has 0 saturated carbocycles. The van der Waals surface area contributed by atoms with Crippen molar-refractivity contribution in [2.75, 3.05) is 11.9 Å². The molecule has 6 heteroatoms. The molecule has 0 fully saturated rings. The van der Waals surface area contributed by atoms with Crippen LogP contribution >= 0.6 is 27.5 Å². The Bertz CT molecular complexity index is 354. The maximum atomic E-state index is 12.2. The van der Waals surface area contributed by atoms with E-state index < -0.39 is 0 Å². The fraction of sp³-hybridized carbons (Fsp3) is 0.700. The van der Waals surface area contributed by atoms with Gasteiger partial charge in [-0.15, -0.1) is 5.10 Å². The number of halogens is 1. The van der Waals surface area contributed by atoms with E-state index in [4.69, 9.17) is 0 Å². The van der Waals surface area contributed by atoms with Gasteiger partial charge in [-0.25, -0.2) is 0 Å². The Balaban J connectivity index is 2.79. The Hall–Kier alpha value is -0.490. The summed E-state index contributed by atoms with van der Waals surface area (Å²) in [5.74, 6) is 0.0449. The van der Waals surface area contributed by atoms with Crippen LogP contribution in [0.5, 0.6) is 0 Å². The first kappa shape index (κ1) is 13.6. The van der Waals surface area contributed by atoms with Crippen LogP contribution in [0.25, 0.3) is 0 Å². The molecule has 1 heterocycles. The first-order valence-electron chi connectivity index (χ1n) is 5.23. The summed E-state index contributed by atoms with van der Waals surface area (Å²) in [7, 11) is 0. The first-order valence-corrected chi connectivity index (χ1v) is 7.13. The third-order valence-corrected chi connectivity index (χ3v) is 3.64. The van der Waals surface area contributed by atoms with E-state index in [1.165, 1.54) is 11.5 Å². The highest BCUT2D eigenvalue weighted by Gasteiger charge is 2.22. The Morgan fingerprint density at radius 3 is 2.69 bits per heavy atom. The molecule has 0 aromatic carbocycles. The van der Waals surface area contributed by atoms with Gasteiger partial charge in [0.25, 0.3) is 5.91 Å². The van der Waals surface area contributed by atoms with Gasteiger partial charge >= 0.3 is 0 Å². The molecule has 0 spiro atoms. The molecule has 0 aliphatic carbocycles. The summed E-state index contributed by atoms with van der Waals surface area (Å²) in [6.07, 6.45) is 0.954. The number of amides is 1. The monoisotopic (exact) mass is 305 g/mol. The molecule has 1 rings (SSSR count). The molecule has 1 amide bonds. The number of carbonyl (C=O) groups excluding carboxylic acids is 1. The van der Waals surface area contributed by atoms with Gasteiger partial charge in [-0.2, -0.15) is 0 Å². The SMILES string of the molecule is Cc1nnsc1C(=O)N(CCCBr)C(C)C. The van der Waals surface area contributed by atoms with E-state index in [2.05, 4.69) is 25.5 Å². The van der Waals surface area contributed by atoms with E-state index in [0.29, 0.717) is 4.88 Å². The first-order chi connectivity index (χ1) is 7.57. The smallest absolute Gasteiger partial charge is 0.267 e. The quantitative estimate of drug-likeness (QED) is 0.785. The third-order valence-electron chi connectivity index (χ3n) is 2.26. The number of aromatic nitrogens is 2. The van der Waals surface area contributed by atoms with E-state index >= 15 is 0 Å². The summed E-state index contributed by atoms with van der Waals surface area (Å²) in [5, 5.41) is 4.78. The topological polar surface area (TPSA) is 46.1 Å². The van der Waals surface area contributed by atoms with Crippen molar-refractivity contribution in [3.8, 4) is 0 Å². The van der Waals surface area contributed by atoms with Crippen molar-refractivity contribution in [1.82, 2.24) is 14.5 Å². The third kappa shape index (κ3) is 3.25. The Morgan fingerprint density at radius 1 is 1.56 bits per heavy atom. The average Bonchev–Trinajstić information content (AvgIpc) is 2.64. The van der Waals surface area contributed by atoms with Crippen molar-refractivity contribution < 1.29 is 4.79 Å². The molecule has 0 radical (unpaired) electrons. The molecule has 0 aliphatic rings. The van der Waals surface area contributed by atoms with Crippen LogP contribution in [0.1, 0.15) is 35.6 Å². The highest BCUT2D eigenvalue weighted by molar-refractivity contribution is 9.09. The van der Waals surface area contributed by atoms with Crippen LogP contribution in [0.4, 0.5) is 0 Å². The van der Waals surface area contributed by atoms with Crippen LogP contribution < -0.4 is 0 Å². The number of alkyl halides is 1. The van der Waals surface area contributed by atoms with E-state index in [-0.39, 0.29) is 11.9 Å². The fourth-order valence-electron chi connectivity index (χ4n) is 1.38. The molecule has 0 N–H and O–H groups in total. The molecule has 0 atom stereocenters. The van der Waals surface area contributed by atoms with Gasteiger partial charge in [-0.1, -0.05) is 20.4 Å². The van der Waals surface area contributed by atoms with Crippen LogP contribution in [0, 0.1) is 6.92 Å². The zero-order valence-electron chi connectivity index (χ0n) is 9.73. The maximum Gasteiger partial charge on any atom is 0.267 e. The van der Waals surface area contributed by atoms with Crippen molar-refractivity contribution in [1.29, 1.82) is 0 Å². The molecule has 16 heavy (non-hydrogen) atoms. The van der Waals surface area contributed by atoms with Crippen molar-refractivity contribution in [2.24, 2.45) is 0 Å². The second-order valence-corrected chi connectivity index (χ2v) is 5.37. The minimum absolute atomic E-state index is 0.0449. The van der Waals surface area contributed by atoms with Gasteiger partial charge in [-0.3, -0.25) is 4.79 Å². The van der Waals surface area contributed by atoms with Crippen molar-refractivity contribution >= 4 is 33.4 Å². The Morgan fingerprint density at radius 2 is 2.25 bits per heavy atom. The van der Waals surface area contributed by atoms with Crippen LogP contribution in [0.15, 0.2) is 0 Å². The normalized spacial score (nSPS) is 10.8. The standard InChI is InChI=1S/C10H16BrN3OS/c1-7(2)14(6-4-5-11)10(15)9-8(3)12-13-16-9/h7H,4-6H2,1-3H3. The summed E-state index contributed by atoms with van der Waals surface area (Å²) in [6, 6.07) is 0.202. The predicted octanol–water partition coefficient (Wildman–Crippen LogP) is 2.48. The Labute approximate surface area is 108 Å². The van der Waals surface area contributed by atoms with Crippen LogP contribution in [-0.2, 0) is 0 Å². The predicted molar refractivity (Wildman–Crippen MR) is 69.2 cm³/mol. The lowest BCUT2D eigenvalue weighted by Crippen LogP contribution is -2.37. The maximum absolute atomic E-state index is 12.2. The summed E-state index contributed by atoms with van der Waals surface area (Å²) < 4.78 is 3.80. The van der Waals surface area contributed by atoms with E-state index in [1.54, 1.807) is 0 Å². The summed E-state index contributed by atoms with van der Waals surface area (Å²) in [6.45, 7) is 6.63. The molecule has 1 aromatic heterocycles. The van der Waals surface area contributed by atoms with Gasteiger partial charge in [0.1, 0.15) is 4.88 Å². The molecule has 0 saturated heterocycles. The molecule has 0 unspecified atom stereocenters. The number of hydrogen-bond donors (Lipinski definition) is 0. The zero-order chi connectivity index (χ0) is 12.1. The second kappa shape index (κ2) is 6.30. The molecule has 1 aromatic rings. The van der Waals surface area contributed by atoms with E-state index in [0.717, 1.165) is 24.0 Å². The summed E-state index contributed by atoms with van der Waals surface area (Å²) in [4.78, 5) is 14.7. The lowest BCUT2D eigenvalue weighted by atomic mass is 10.2. The van der Waals surface area contributed by atoms with Gasteiger partial charge in [0, 0.05) is 17.9 Å². The number of aryl methyl sites for hydroxylation is 1. The minimum atomic E-state index is 0.0449. The van der Waals surface area contributed by atoms with Crippen LogP contribution in [-0.4, -0.2) is 38.3 Å². The summed E-state index contributed by atoms with van der Waals surface area (Å²) >= 11 is 4.55. The molecular formula is C10H16BrN3OS. The van der Waals surface area contributed by atoms with Crippen LogP contribution in [0.3, 0.4) is 0 Å². The zero-order valence-corrected chi connectivity index (χ0v) is 12.1. The largest absolute Gasteiger partial charge is 0.335 e. The minimum Gasteiger partial charge on any atom is -0.335 e.